The molecule has 4 aliphatic rings. The van der Waals surface area contributed by atoms with E-state index in [1.807, 2.05) is 19.2 Å². The molecule has 0 spiro atoms. The number of rotatable bonds is 4. The molecule has 1 aliphatic carbocycles. The van der Waals surface area contributed by atoms with E-state index >= 15 is 0 Å². The molecule has 1 aromatic rings. The third-order valence-electron chi connectivity index (χ3n) is 7.81. The number of amides is 1. The minimum Gasteiger partial charge on any atom is -0.375 e. The summed E-state index contributed by atoms with van der Waals surface area (Å²) in [6.07, 6.45) is 11.0. The number of pyridine rings is 1. The van der Waals surface area contributed by atoms with Gasteiger partial charge < -0.3 is 15.2 Å². The lowest BCUT2D eigenvalue weighted by Crippen LogP contribution is -2.61. The summed E-state index contributed by atoms with van der Waals surface area (Å²) in [5.74, 6) is 0.371. The Bertz CT molecular complexity index is 728. The number of nitrogens with zero attached hydrogens (tertiary/aromatic N) is 2. The van der Waals surface area contributed by atoms with Crippen LogP contribution in [0.2, 0.25) is 0 Å². The Labute approximate surface area is 166 Å². The number of aromatic nitrogens is 1. The second kappa shape index (κ2) is 7.08. The Morgan fingerprint density at radius 3 is 2.50 bits per heavy atom. The molecule has 3 saturated heterocycles. The molecule has 1 saturated carbocycles. The van der Waals surface area contributed by atoms with E-state index in [-0.39, 0.29) is 5.60 Å². The molecule has 4 bridgehead atoms. The number of carbonyl (C=O) groups is 1. The SMILES string of the molecule is COC1(c2ccnc(C(N)=O)c2)C2CCCC1CN(C1CC3CCC(C1)O3)C2. The zero-order valence-electron chi connectivity index (χ0n) is 16.7. The van der Waals surface area contributed by atoms with Crippen LogP contribution in [0.25, 0.3) is 0 Å². The third-order valence-corrected chi connectivity index (χ3v) is 7.81. The summed E-state index contributed by atoms with van der Waals surface area (Å²) in [5, 5.41) is 0. The second-order valence-corrected chi connectivity index (χ2v) is 9.15. The van der Waals surface area contributed by atoms with Gasteiger partial charge in [-0.25, -0.2) is 0 Å². The largest absolute Gasteiger partial charge is 0.375 e. The predicted octanol–water partition coefficient (Wildman–Crippen LogP) is 2.46. The van der Waals surface area contributed by atoms with Gasteiger partial charge in [-0.1, -0.05) is 6.42 Å². The van der Waals surface area contributed by atoms with Crippen LogP contribution in [0, 0.1) is 11.8 Å². The molecule has 4 heterocycles. The van der Waals surface area contributed by atoms with Crippen LogP contribution in [0.15, 0.2) is 18.3 Å². The lowest BCUT2D eigenvalue weighted by molar-refractivity contribution is -0.180. The Morgan fingerprint density at radius 1 is 1.21 bits per heavy atom. The van der Waals surface area contributed by atoms with Crippen LogP contribution in [0.5, 0.6) is 0 Å². The van der Waals surface area contributed by atoms with Crippen LogP contribution in [-0.2, 0) is 15.1 Å². The summed E-state index contributed by atoms with van der Waals surface area (Å²) in [4.78, 5) is 18.6. The fourth-order valence-corrected chi connectivity index (χ4v) is 6.62. The highest BCUT2D eigenvalue weighted by Gasteiger charge is 2.54. The molecule has 6 heteroatoms. The van der Waals surface area contributed by atoms with E-state index in [0.29, 0.717) is 35.8 Å². The van der Waals surface area contributed by atoms with E-state index in [0.717, 1.165) is 31.5 Å². The number of carbonyl (C=O) groups excluding carboxylic acids is 1. The number of methoxy groups -OCH3 is 1. The summed E-state index contributed by atoms with van der Waals surface area (Å²) in [5.41, 5.74) is 6.56. The van der Waals surface area contributed by atoms with Crippen molar-refractivity contribution in [3.05, 3.63) is 29.6 Å². The standard InChI is InChI=1S/C22H31N3O3/c1-27-22(14-7-8-24-20(9-14)21(23)26)15-3-2-4-16(22)13-25(12-15)17-10-18-5-6-19(11-17)28-18/h7-9,15-19H,2-6,10-13H2,1H3,(H2,23,26). The van der Waals surface area contributed by atoms with Crippen LogP contribution in [-0.4, -0.2) is 54.2 Å². The number of fused-ring (bicyclic) bond motifs is 4. The third kappa shape index (κ3) is 2.88. The fourth-order valence-electron chi connectivity index (χ4n) is 6.62. The van der Waals surface area contributed by atoms with Crippen molar-refractivity contribution >= 4 is 5.91 Å². The van der Waals surface area contributed by atoms with Crippen LogP contribution >= 0.6 is 0 Å². The van der Waals surface area contributed by atoms with Gasteiger partial charge in [0.1, 0.15) is 11.3 Å². The lowest BCUT2D eigenvalue weighted by atomic mass is 9.62. The van der Waals surface area contributed by atoms with E-state index in [4.69, 9.17) is 15.2 Å². The maximum atomic E-state index is 11.7. The Balaban J connectivity index is 1.44. The first-order chi connectivity index (χ1) is 13.6. The van der Waals surface area contributed by atoms with E-state index < -0.39 is 5.91 Å². The smallest absolute Gasteiger partial charge is 0.267 e. The molecule has 6 nitrogen and oxygen atoms in total. The number of hydrogen-bond donors (Lipinski definition) is 1. The molecular formula is C22H31N3O3. The molecule has 1 aromatic heterocycles. The van der Waals surface area contributed by atoms with Crippen molar-refractivity contribution in [3.63, 3.8) is 0 Å². The molecule has 4 fully saturated rings. The zero-order chi connectivity index (χ0) is 19.3. The van der Waals surface area contributed by atoms with E-state index in [1.165, 1.54) is 32.1 Å². The minimum atomic E-state index is -0.478. The van der Waals surface area contributed by atoms with Gasteiger partial charge in [0.2, 0.25) is 0 Å². The summed E-state index contributed by atoms with van der Waals surface area (Å²) in [7, 11) is 1.83. The summed E-state index contributed by atoms with van der Waals surface area (Å²) in [6.45, 7) is 2.12. The van der Waals surface area contributed by atoms with Gasteiger partial charge in [0, 0.05) is 44.3 Å². The molecular weight excluding hydrogens is 354 g/mol. The van der Waals surface area contributed by atoms with Crippen molar-refractivity contribution in [3.8, 4) is 0 Å². The summed E-state index contributed by atoms with van der Waals surface area (Å²) in [6, 6.07) is 4.52. The Kier molecular flexibility index (Phi) is 4.68. The Morgan fingerprint density at radius 2 is 1.89 bits per heavy atom. The van der Waals surface area contributed by atoms with Crippen LogP contribution in [0.4, 0.5) is 0 Å². The van der Waals surface area contributed by atoms with Crippen LogP contribution in [0.1, 0.15) is 61.0 Å². The number of ether oxygens (including phenoxy) is 2. The number of piperidine rings is 1. The molecule has 1 amide bonds. The average Bonchev–Trinajstić information content (AvgIpc) is 3.04. The van der Waals surface area contributed by atoms with Gasteiger partial charge in [-0.15, -0.1) is 0 Å². The second-order valence-electron chi connectivity index (χ2n) is 9.15. The average molecular weight is 386 g/mol. The molecule has 4 atom stereocenters. The molecule has 2 N–H and O–H groups in total. The predicted molar refractivity (Wildman–Crippen MR) is 105 cm³/mol. The van der Waals surface area contributed by atoms with Crippen molar-refractivity contribution in [1.82, 2.24) is 9.88 Å². The lowest BCUT2D eigenvalue weighted by Gasteiger charge is -2.57. The number of nitrogens with two attached hydrogens (primary N) is 1. The quantitative estimate of drug-likeness (QED) is 0.861. The van der Waals surface area contributed by atoms with Crippen LogP contribution in [0.3, 0.4) is 0 Å². The molecule has 4 unspecified atom stereocenters. The molecule has 5 rings (SSSR count). The van der Waals surface area contributed by atoms with E-state index in [9.17, 15) is 4.79 Å². The topological polar surface area (TPSA) is 77.7 Å². The van der Waals surface area contributed by atoms with Gasteiger partial charge in [0.05, 0.1) is 12.2 Å². The number of primary amides is 1. The monoisotopic (exact) mass is 385 g/mol. The molecule has 152 valence electrons. The van der Waals surface area contributed by atoms with Crippen molar-refractivity contribution in [2.24, 2.45) is 17.6 Å². The maximum absolute atomic E-state index is 11.7. The minimum absolute atomic E-state index is 0.329. The molecule has 3 aliphatic heterocycles. The van der Waals surface area contributed by atoms with E-state index in [2.05, 4.69) is 9.88 Å². The van der Waals surface area contributed by atoms with E-state index in [1.54, 1.807) is 6.20 Å². The fraction of sp³-hybridized carbons (Fsp3) is 0.727. The number of hydrogen-bond acceptors (Lipinski definition) is 5. The van der Waals surface area contributed by atoms with Crippen molar-refractivity contribution in [1.29, 1.82) is 0 Å². The van der Waals surface area contributed by atoms with Crippen LogP contribution < -0.4 is 5.73 Å². The van der Waals surface area contributed by atoms with Gasteiger partial charge >= 0.3 is 0 Å². The van der Waals surface area contributed by atoms with Gasteiger partial charge in [0.15, 0.2) is 0 Å². The maximum Gasteiger partial charge on any atom is 0.267 e. The molecule has 0 radical (unpaired) electrons. The number of likely N-dealkylation sites (tertiary alicyclic amines) is 1. The summed E-state index contributed by atoms with van der Waals surface area (Å²) >= 11 is 0. The van der Waals surface area contributed by atoms with Gasteiger partial charge in [-0.05, 0) is 56.2 Å². The normalized spacial score (nSPS) is 40.4. The Hall–Kier alpha value is -1.50. The highest BCUT2D eigenvalue weighted by atomic mass is 16.5. The van der Waals surface area contributed by atoms with Crippen molar-refractivity contribution < 1.29 is 14.3 Å². The first kappa shape index (κ1) is 18.5. The van der Waals surface area contributed by atoms with Gasteiger partial charge in [-0.2, -0.15) is 0 Å². The molecule has 0 aromatic carbocycles. The summed E-state index contributed by atoms with van der Waals surface area (Å²) < 4.78 is 12.4. The highest BCUT2D eigenvalue weighted by Crippen LogP contribution is 2.52. The van der Waals surface area contributed by atoms with Gasteiger partial charge in [-0.3, -0.25) is 14.7 Å². The van der Waals surface area contributed by atoms with Crippen molar-refractivity contribution in [2.75, 3.05) is 20.2 Å². The zero-order valence-corrected chi connectivity index (χ0v) is 16.7. The van der Waals surface area contributed by atoms with Crippen molar-refractivity contribution in [2.45, 2.75) is 68.8 Å². The first-order valence-corrected chi connectivity index (χ1v) is 10.8. The first-order valence-electron chi connectivity index (χ1n) is 10.8. The molecule has 28 heavy (non-hydrogen) atoms. The highest BCUT2D eigenvalue weighted by molar-refractivity contribution is 5.90. The van der Waals surface area contributed by atoms with Gasteiger partial charge in [0.25, 0.3) is 5.91 Å².